The number of ketones is 1. The van der Waals surface area contributed by atoms with Crippen molar-refractivity contribution in [2.45, 2.75) is 38.3 Å². The molecule has 2 amide bonds. The number of ether oxygens (including phenoxy) is 1. The van der Waals surface area contributed by atoms with Crippen LogP contribution in [0, 0.1) is 5.41 Å². The molecule has 8 nitrogen and oxygen atoms in total. The van der Waals surface area contributed by atoms with Crippen LogP contribution < -0.4 is 15.8 Å². The van der Waals surface area contributed by atoms with Crippen LogP contribution in [0.4, 0.5) is 0 Å². The number of para-hydroxylation sites is 1. The van der Waals surface area contributed by atoms with Gasteiger partial charge in [0.2, 0.25) is 11.8 Å². The van der Waals surface area contributed by atoms with Crippen LogP contribution in [-0.4, -0.2) is 40.9 Å². The number of amides is 2. The quantitative estimate of drug-likeness (QED) is 0.218. The van der Waals surface area contributed by atoms with Crippen LogP contribution in [0.2, 0.25) is 0 Å². The zero-order chi connectivity index (χ0) is 25.5. The fourth-order valence-corrected chi connectivity index (χ4v) is 4.91. The highest BCUT2D eigenvalue weighted by Crippen LogP contribution is 2.23. The third-order valence-electron chi connectivity index (χ3n) is 6.00. The maximum absolute atomic E-state index is 12.8. The number of nitrogen functional groups attached to an aromatic ring is 1. The smallest absolute Gasteiger partial charge is 0.243 e. The van der Waals surface area contributed by atoms with Crippen molar-refractivity contribution in [2.75, 3.05) is 6.54 Å². The van der Waals surface area contributed by atoms with Crippen LogP contribution in [0.15, 0.2) is 66.0 Å². The summed E-state index contributed by atoms with van der Waals surface area (Å²) in [5.41, 5.74) is 6.63. The molecule has 0 radical (unpaired) electrons. The molecule has 0 bridgehead atoms. The van der Waals surface area contributed by atoms with Crippen LogP contribution in [0.3, 0.4) is 0 Å². The fourth-order valence-electron chi connectivity index (χ4n) is 4.09. The van der Waals surface area contributed by atoms with Gasteiger partial charge in [0.1, 0.15) is 23.4 Å². The molecule has 0 saturated carbocycles. The summed E-state index contributed by atoms with van der Waals surface area (Å²) in [6.45, 7) is 0.821. The van der Waals surface area contributed by atoms with Crippen molar-refractivity contribution in [1.29, 1.82) is 5.41 Å². The van der Waals surface area contributed by atoms with Gasteiger partial charge in [0, 0.05) is 40.8 Å². The molecule has 1 aliphatic rings. The van der Waals surface area contributed by atoms with Gasteiger partial charge in [-0.1, -0.05) is 18.2 Å². The molecule has 4 rings (SSSR count). The predicted octanol–water partition coefficient (Wildman–Crippen LogP) is 4.09. The average Bonchev–Trinajstić information content (AvgIpc) is 3.57. The number of carbonyl (C=O) groups is 3. The van der Waals surface area contributed by atoms with Gasteiger partial charge < -0.3 is 20.7 Å². The Labute approximate surface area is 213 Å². The van der Waals surface area contributed by atoms with E-state index in [4.69, 9.17) is 15.9 Å². The first-order valence-corrected chi connectivity index (χ1v) is 12.6. The second-order valence-electron chi connectivity index (χ2n) is 8.54. The molecule has 0 aliphatic carbocycles. The summed E-state index contributed by atoms with van der Waals surface area (Å²) in [6.07, 6.45) is 1.47. The fraction of sp³-hybridized carbons (Fsp3) is 0.259. The van der Waals surface area contributed by atoms with Crippen molar-refractivity contribution >= 4 is 34.8 Å². The number of thiophene rings is 1. The van der Waals surface area contributed by atoms with E-state index in [1.54, 1.807) is 40.6 Å². The molecule has 0 spiro atoms. The standard InChI is InChI=1S/C27H28N4O4S/c28-26(29)19-15-22(36-17-19)16-30-27(34)23-7-4-14-31(23)25(33)13-12-24(32)18-8-10-21(11-9-18)35-20-5-2-1-3-6-20/h1-3,5-6,8-11,15,17,23H,4,7,12-14,16H2,(H3,28,29)(H,30,34). The Kier molecular flexibility index (Phi) is 8.12. The highest BCUT2D eigenvalue weighted by atomic mass is 32.1. The highest BCUT2D eigenvalue weighted by Gasteiger charge is 2.33. The zero-order valence-corrected chi connectivity index (χ0v) is 20.6. The number of benzene rings is 2. The van der Waals surface area contributed by atoms with E-state index in [2.05, 4.69) is 5.32 Å². The summed E-state index contributed by atoms with van der Waals surface area (Å²) in [4.78, 5) is 40.7. The number of likely N-dealkylation sites (tertiary alicyclic amines) is 1. The van der Waals surface area contributed by atoms with Gasteiger partial charge in [-0.25, -0.2) is 0 Å². The normalized spacial score (nSPS) is 14.9. The Morgan fingerprint density at radius 2 is 1.75 bits per heavy atom. The van der Waals surface area contributed by atoms with Crippen LogP contribution in [0.5, 0.6) is 11.5 Å². The molecule has 1 saturated heterocycles. The van der Waals surface area contributed by atoms with Crippen molar-refractivity contribution in [3.63, 3.8) is 0 Å². The van der Waals surface area contributed by atoms with E-state index in [9.17, 15) is 14.4 Å². The number of hydrogen-bond donors (Lipinski definition) is 3. The number of Topliss-reactive ketones (excluding diaryl/α,β-unsaturated/α-hetero) is 1. The second-order valence-corrected chi connectivity index (χ2v) is 9.54. The lowest BCUT2D eigenvalue weighted by Crippen LogP contribution is -2.45. The first-order chi connectivity index (χ1) is 17.4. The van der Waals surface area contributed by atoms with Crippen LogP contribution in [0.25, 0.3) is 0 Å². The Balaban J connectivity index is 1.26. The molecule has 2 aromatic carbocycles. The summed E-state index contributed by atoms with van der Waals surface area (Å²) in [5, 5.41) is 12.1. The number of amidine groups is 1. The minimum atomic E-state index is -0.533. The molecule has 4 N–H and O–H groups in total. The van der Waals surface area contributed by atoms with Gasteiger partial charge in [-0.15, -0.1) is 11.3 Å². The summed E-state index contributed by atoms with van der Waals surface area (Å²) in [7, 11) is 0. The maximum Gasteiger partial charge on any atom is 0.243 e. The van der Waals surface area contributed by atoms with E-state index < -0.39 is 6.04 Å². The zero-order valence-electron chi connectivity index (χ0n) is 19.7. The lowest BCUT2D eigenvalue weighted by Gasteiger charge is -2.24. The predicted molar refractivity (Wildman–Crippen MR) is 138 cm³/mol. The molecule has 1 fully saturated rings. The Morgan fingerprint density at radius 3 is 2.44 bits per heavy atom. The van der Waals surface area contributed by atoms with Crippen molar-refractivity contribution in [1.82, 2.24) is 10.2 Å². The molecule has 3 aromatic rings. The Bertz CT molecular complexity index is 1240. The van der Waals surface area contributed by atoms with E-state index >= 15 is 0 Å². The van der Waals surface area contributed by atoms with Gasteiger partial charge in [0.15, 0.2) is 5.78 Å². The third-order valence-corrected chi connectivity index (χ3v) is 6.94. The largest absolute Gasteiger partial charge is 0.457 e. The van der Waals surface area contributed by atoms with E-state index in [1.807, 2.05) is 30.3 Å². The summed E-state index contributed by atoms with van der Waals surface area (Å²) < 4.78 is 5.75. The Morgan fingerprint density at radius 1 is 1.03 bits per heavy atom. The molecule has 9 heteroatoms. The Hall–Kier alpha value is -3.98. The number of nitrogens with zero attached hydrogens (tertiary/aromatic N) is 1. The van der Waals surface area contributed by atoms with Gasteiger partial charge >= 0.3 is 0 Å². The SMILES string of the molecule is N=C(N)c1csc(CNC(=O)C2CCCN2C(=O)CCC(=O)c2ccc(Oc3ccccc3)cc2)c1. The number of nitrogens with two attached hydrogens (primary N) is 1. The molecule has 1 unspecified atom stereocenters. The van der Waals surface area contributed by atoms with Crippen LogP contribution in [-0.2, 0) is 16.1 Å². The minimum Gasteiger partial charge on any atom is -0.457 e. The van der Waals surface area contributed by atoms with Gasteiger partial charge in [0.25, 0.3) is 0 Å². The number of rotatable bonds is 10. The molecule has 36 heavy (non-hydrogen) atoms. The van der Waals surface area contributed by atoms with Gasteiger partial charge in [0.05, 0.1) is 6.54 Å². The topological polar surface area (TPSA) is 126 Å². The van der Waals surface area contributed by atoms with E-state index in [0.29, 0.717) is 42.1 Å². The number of hydrogen-bond acceptors (Lipinski definition) is 6. The summed E-state index contributed by atoms with van der Waals surface area (Å²) in [6, 6.07) is 17.5. The van der Waals surface area contributed by atoms with Crippen molar-refractivity contribution in [2.24, 2.45) is 5.73 Å². The van der Waals surface area contributed by atoms with Gasteiger partial charge in [-0.3, -0.25) is 19.8 Å². The average molecular weight is 505 g/mol. The monoisotopic (exact) mass is 504 g/mol. The molecular formula is C27H28N4O4S. The van der Waals surface area contributed by atoms with Crippen LogP contribution >= 0.6 is 11.3 Å². The van der Waals surface area contributed by atoms with Gasteiger partial charge in [-0.05, 0) is 55.3 Å². The molecule has 2 heterocycles. The first-order valence-electron chi connectivity index (χ1n) is 11.8. The van der Waals surface area contributed by atoms with Crippen LogP contribution in [0.1, 0.15) is 46.5 Å². The molecule has 186 valence electrons. The minimum absolute atomic E-state index is 0.0117. The lowest BCUT2D eigenvalue weighted by molar-refractivity contribution is -0.138. The molecule has 1 aliphatic heterocycles. The number of carbonyl (C=O) groups excluding carboxylic acids is 3. The summed E-state index contributed by atoms with van der Waals surface area (Å²) >= 11 is 1.42. The maximum atomic E-state index is 12.8. The molecular weight excluding hydrogens is 476 g/mol. The number of nitrogens with one attached hydrogen (secondary N) is 2. The molecule has 1 atom stereocenters. The van der Waals surface area contributed by atoms with Crippen molar-refractivity contribution in [3.8, 4) is 11.5 Å². The lowest BCUT2D eigenvalue weighted by atomic mass is 10.1. The van der Waals surface area contributed by atoms with E-state index in [1.165, 1.54) is 11.3 Å². The second kappa shape index (κ2) is 11.6. The summed E-state index contributed by atoms with van der Waals surface area (Å²) in [5.74, 6) is 0.789. The van der Waals surface area contributed by atoms with E-state index in [-0.39, 0.29) is 36.3 Å². The van der Waals surface area contributed by atoms with Crippen molar-refractivity contribution in [3.05, 3.63) is 82.0 Å². The molecule has 1 aromatic heterocycles. The first kappa shape index (κ1) is 25.1. The van der Waals surface area contributed by atoms with Crippen molar-refractivity contribution < 1.29 is 19.1 Å². The van der Waals surface area contributed by atoms with E-state index in [0.717, 1.165) is 11.3 Å². The highest BCUT2D eigenvalue weighted by molar-refractivity contribution is 7.10. The third kappa shape index (κ3) is 6.37. The van der Waals surface area contributed by atoms with Gasteiger partial charge in [-0.2, -0.15) is 0 Å².